The maximum Gasteiger partial charge on any atom is 0.263 e. The van der Waals surface area contributed by atoms with Gasteiger partial charge in [0.2, 0.25) is 5.91 Å². The van der Waals surface area contributed by atoms with E-state index in [2.05, 4.69) is 9.97 Å². The number of amides is 1. The molecule has 9 heteroatoms. The number of hydrogen-bond donors (Lipinski definition) is 1. The lowest BCUT2D eigenvalue weighted by Crippen LogP contribution is -2.35. The Kier molecular flexibility index (Phi) is 4.43. The lowest BCUT2D eigenvalue weighted by Gasteiger charge is -2.15. The minimum atomic E-state index is -1.02. The summed E-state index contributed by atoms with van der Waals surface area (Å²) in [6, 6.07) is 4.15. The van der Waals surface area contributed by atoms with Crippen LogP contribution < -0.4 is 5.56 Å². The number of alkyl halides is 1. The average molecular weight is 393 g/mol. The van der Waals surface area contributed by atoms with Gasteiger partial charge >= 0.3 is 0 Å². The van der Waals surface area contributed by atoms with Crippen molar-refractivity contribution >= 4 is 28.5 Å². The highest BCUT2D eigenvalue weighted by atomic mass is 35.5. The summed E-state index contributed by atoms with van der Waals surface area (Å²) in [7, 11) is 0. The van der Waals surface area contributed by atoms with Crippen LogP contribution in [0.3, 0.4) is 0 Å². The smallest absolute Gasteiger partial charge is 0.263 e. The van der Waals surface area contributed by atoms with Gasteiger partial charge in [0.05, 0.1) is 17.0 Å². The molecule has 0 bridgehead atoms. The zero-order valence-electron chi connectivity index (χ0n) is 14.1. The number of benzene rings is 1. The molecule has 0 saturated carbocycles. The van der Waals surface area contributed by atoms with E-state index in [1.165, 1.54) is 34.0 Å². The maximum absolute atomic E-state index is 13.4. The predicted molar refractivity (Wildman–Crippen MR) is 96.9 cm³/mol. The summed E-state index contributed by atoms with van der Waals surface area (Å²) in [5.41, 5.74) is 0.997. The largest absolute Gasteiger partial charge is 0.345 e. The Morgan fingerprint density at radius 1 is 1.41 bits per heavy atom. The van der Waals surface area contributed by atoms with Gasteiger partial charge in [-0.15, -0.1) is 0 Å². The maximum atomic E-state index is 13.4. The van der Waals surface area contributed by atoms with E-state index in [1.807, 2.05) is 0 Å². The van der Waals surface area contributed by atoms with Gasteiger partial charge in [0, 0.05) is 18.3 Å². The molecule has 3 heterocycles. The number of aromatic amines is 1. The van der Waals surface area contributed by atoms with Gasteiger partial charge in [-0.25, -0.2) is 13.8 Å². The first-order valence-electron chi connectivity index (χ1n) is 8.38. The lowest BCUT2D eigenvalue weighted by molar-refractivity contribution is -0.131. The van der Waals surface area contributed by atoms with E-state index < -0.39 is 17.5 Å². The first-order chi connectivity index (χ1) is 12.9. The quantitative estimate of drug-likeness (QED) is 0.745. The molecule has 1 aliphatic heterocycles. The molecule has 4 rings (SSSR count). The standard InChI is InChI=1S/C18H15ClF2N4O2/c19-13-5-10(1-2-14(13)21)12-6-22-17-16(12)18(27)25(9-23-17)8-15(26)24-4-3-11(20)7-24/h1-2,5-6,9,11,22H,3-4,7-8H2. The minimum absolute atomic E-state index is 0.0484. The molecule has 1 amide bonds. The van der Waals surface area contributed by atoms with Gasteiger partial charge in [0.15, 0.2) is 0 Å². The lowest BCUT2D eigenvalue weighted by atomic mass is 10.1. The van der Waals surface area contributed by atoms with Crippen molar-refractivity contribution in [3.05, 3.63) is 51.9 Å². The van der Waals surface area contributed by atoms with Crippen LogP contribution >= 0.6 is 11.6 Å². The Labute approximate surface area is 157 Å². The SMILES string of the molecule is O=C(Cn1cnc2[nH]cc(-c3ccc(F)c(Cl)c3)c2c1=O)N1CCC(F)C1. The third kappa shape index (κ3) is 3.21. The van der Waals surface area contributed by atoms with Crippen molar-refractivity contribution in [1.82, 2.24) is 19.4 Å². The van der Waals surface area contributed by atoms with Crippen LogP contribution in [0.2, 0.25) is 5.02 Å². The van der Waals surface area contributed by atoms with Crippen LogP contribution in [0, 0.1) is 5.82 Å². The van der Waals surface area contributed by atoms with Crippen molar-refractivity contribution in [1.29, 1.82) is 0 Å². The van der Waals surface area contributed by atoms with Crippen LogP contribution in [0.25, 0.3) is 22.2 Å². The summed E-state index contributed by atoms with van der Waals surface area (Å²) in [6.45, 7) is 0.171. The van der Waals surface area contributed by atoms with Gasteiger partial charge in [0.1, 0.15) is 30.5 Å². The monoisotopic (exact) mass is 392 g/mol. The summed E-state index contributed by atoms with van der Waals surface area (Å²) in [5.74, 6) is -0.890. The molecular formula is C18H15ClF2N4O2. The molecule has 6 nitrogen and oxygen atoms in total. The number of aromatic nitrogens is 3. The van der Waals surface area contributed by atoms with Crippen LogP contribution in [-0.4, -0.2) is 44.6 Å². The zero-order valence-corrected chi connectivity index (χ0v) is 14.8. The second-order valence-electron chi connectivity index (χ2n) is 6.46. The number of rotatable bonds is 3. The fraction of sp³-hybridized carbons (Fsp3) is 0.278. The van der Waals surface area contributed by atoms with Gasteiger partial charge in [-0.2, -0.15) is 0 Å². The number of hydrogen-bond acceptors (Lipinski definition) is 3. The minimum Gasteiger partial charge on any atom is -0.345 e. The van der Waals surface area contributed by atoms with E-state index in [0.717, 1.165) is 0 Å². The van der Waals surface area contributed by atoms with E-state index in [1.54, 1.807) is 6.20 Å². The number of carbonyl (C=O) groups is 1. The number of carbonyl (C=O) groups excluding carboxylic acids is 1. The molecule has 1 saturated heterocycles. The second kappa shape index (κ2) is 6.77. The Hall–Kier alpha value is -2.74. The Balaban J connectivity index is 1.72. The molecular weight excluding hydrogens is 378 g/mol. The Morgan fingerprint density at radius 3 is 2.93 bits per heavy atom. The van der Waals surface area contributed by atoms with Crippen molar-refractivity contribution in [2.45, 2.75) is 19.1 Å². The molecule has 1 aromatic carbocycles. The summed E-state index contributed by atoms with van der Waals surface area (Å²) in [5, 5.41) is 0.216. The fourth-order valence-corrected chi connectivity index (χ4v) is 3.43. The van der Waals surface area contributed by atoms with E-state index in [0.29, 0.717) is 29.7 Å². The highest BCUT2D eigenvalue weighted by Gasteiger charge is 2.26. The molecule has 27 heavy (non-hydrogen) atoms. The number of nitrogens with one attached hydrogen (secondary N) is 1. The van der Waals surface area contributed by atoms with Gasteiger partial charge < -0.3 is 9.88 Å². The predicted octanol–water partition coefficient (Wildman–Crippen LogP) is 2.75. The summed E-state index contributed by atoms with van der Waals surface area (Å²) < 4.78 is 27.9. The van der Waals surface area contributed by atoms with Gasteiger partial charge in [0.25, 0.3) is 5.56 Å². The first kappa shape index (κ1) is 17.7. The number of halogens is 3. The molecule has 0 spiro atoms. The van der Waals surface area contributed by atoms with Crippen molar-refractivity contribution in [3.8, 4) is 11.1 Å². The van der Waals surface area contributed by atoms with Crippen molar-refractivity contribution in [2.75, 3.05) is 13.1 Å². The number of fused-ring (bicyclic) bond motifs is 1. The van der Waals surface area contributed by atoms with Crippen LogP contribution in [0.1, 0.15) is 6.42 Å². The molecule has 0 radical (unpaired) electrons. The van der Waals surface area contributed by atoms with Crippen LogP contribution in [0.5, 0.6) is 0 Å². The van der Waals surface area contributed by atoms with Gasteiger partial charge in [-0.05, 0) is 24.1 Å². The average Bonchev–Trinajstić information content (AvgIpc) is 3.26. The fourth-order valence-electron chi connectivity index (χ4n) is 3.25. The number of H-pyrrole nitrogens is 1. The summed E-state index contributed by atoms with van der Waals surface area (Å²) in [6.07, 6.45) is 2.16. The van der Waals surface area contributed by atoms with E-state index >= 15 is 0 Å². The first-order valence-corrected chi connectivity index (χ1v) is 8.75. The van der Waals surface area contributed by atoms with E-state index in [9.17, 15) is 18.4 Å². The highest BCUT2D eigenvalue weighted by Crippen LogP contribution is 2.28. The number of likely N-dealkylation sites (tertiary alicyclic amines) is 1. The normalized spacial score (nSPS) is 17.0. The van der Waals surface area contributed by atoms with Gasteiger partial charge in [-0.3, -0.25) is 14.2 Å². The van der Waals surface area contributed by atoms with E-state index in [4.69, 9.17) is 11.6 Å². The molecule has 1 unspecified atom stereocenters. The molecule has 1 aliphatic rings. The second-order valence-corrected chi connectivity index (χ2v) is 6.87. The molecule has 140 valence electrons. The topological polar surface area (TPSA) is 71.0 Å². The molecule has 0 aliphatic carbocycles. The van der Waals surface area contributed by atoms with Crippen LogP contribution in [0.4, 0.5) is 8.78 Å². The van der Waals surface area contributed by atoms with Crippen molar-refractivity contribution in [2.24, 2.45) is 0 Å². The van der Waals surface area contributed by atoms with Crippen molar-refractivity contribution < 1.29 is 13.6 Å². The van der Waals surface area contributed by atoms with Crippen LogP contribution in [-0.2, 0) is 11.3 Å². The molecule has 3 aromatic rings. The number of nitrogens with zero attached hydrogens (tertiary/aromatic N) is 3. The Morgan fingerprint density at radius 2 is 2.22 bits per heavy atom. The molecule has 1 atom stereocenters. The molecule has 1 N–H and O–H groups in total. The van der Waals surface area contributed by atoms with Gasteiger partial charge in [-0.1, -0.05) is 17.7 Å². The molecule has 2 aromatic heterocycles. The highest BCUT2D eigenvalue weighted by molar-refractivity contribution is 6.31. The summed E-state index contributed by atoms with van der Waals surface area (Å²) >= 11 is 5.84. The Bertz CT molecular complexity index is 1090. The zero-order chi connectivity index (χ0) is 19.1. The molecule has 1 fully saturated rings. The summed E-state index contributed by atoms with van der Waals surface area (Å²) in [4.78, 5) is 33.7. The third-order valence-corrected chi connectivity index (χ3v) is 4.97. The third-order valence-electron chi connectivity index (χ3n) is 4.68. The van der Waals surface area contributed by atoms with Crippen LogP contribution in [0.15, 0.2) is 35.5 Å². The van der Waals surface area contributed by atoms with E-state index in [-0.39, 0.29) is 29.4 Å². The van der Waals surface area contributed by atoms with Crippen molar-refractivity contribution in [3.63, 3.8) is 0 Å².